The molecule has 8 heavy (non-hydrogen) atoms. The Balaban J connectivity index is 2.92. The molecule has 0 amide bonds. The van der Waals surface area contributed by atoms with Gasteiger partial charge in [0, 0.05) is 0 Å². The summed E-state index contributed by atoms with van der Waals surface area (Å²) in [5.41, 5.74) is 0.942. The second kappa shape index (κ2) is 2.36. The summed E-state index contributed by atoms with van der Waals surface area (Å²) in [4.78, 5) is 1.30. The number of hydrogen-bond donors (Lipinski definition) is 0. The molecule has 1 rings (SSSR count). The van der Waals surface area contributed by atoms with Gasteiger partial charge in [0.1, 0.15) is 7.85 Å². The average molecular weight is 122 g/mol. The molecule has 40 valence electrons. The van der Waals surface area contributed by atoms with Crippen LogP contribution in [0.3, 0.4) is 0 Å². The van der Waals surface area contributed by atoms with Crippen LogP contribution in [0.4, 0.5) is 0 Å². The molecule has 0 bridgehead atoms. The lowest BCUT2D eigenvalue weighted by molar-refractivity contribution is 1.20. The molecule has 1 heterocycles. The predicted octanol–water partition coefficient (Wildman–Crippen LogP) is 1.10. The maximum absolute atomic E-state index is 5.56. The molecule has 2 radical (unpaired) electrons. The van der Waals surface area contributed by atoms with E-state index in [2.05, 4.69) is 6.92 Å². The smallest absolute Gasteiger partial charge is 0.115 e. The van der Waals surface area contributed by atoms with Crippen molar-refractivity contribution in [2.24, 2.45) is 0 Å². The van der Waals surface area contributed by atoms with Gasteiger partial charge in [0.25, 0.3) is 0 Å². The van der Waals surface area contributed by atoms with Crippen molar-refractivity contribution in [3.05, 3.63) is 16.3 Å². The van der Waals surface area contributed by atoms with Crippen molar-refractivity contribution in [2.45, 2.75) is 13.3 Å². The lowest BCUT2D eigenvalue weighted by Crippen LogP contribution is -2.01. The fourth-order valence-electron chi connectivity index (χ4n) is 0.638. The van der Waals surface area contributed by atoms with Crippen LogP contribution in [0.1, 0.15) is 11.8 Å². The highest BCUT2D eigenvalue weighted by Crippen LogP contribution is 2.04. The van der Waals surface area contributed by atoms with E-state index >= 15 is 0 Å². The Morgan fingerprint density at radius 2 is 2.50 bits per heavy atom. The first-order valence-electron chi connectivity index (χ1n) is 2.66. The molecule has 2 heteroatoms. The molecule has 1 aromatic heterocycles. The lowest BCUT2D eigenvalue weighted by atomic mass is 9.97. The molecule has 1 aromatic rings. The third-order valence-electron chi connectivity index (χ3n) is 1.10. The van der Waals surface area contributed by atoms with Gasteiger partial charge in [-0.15, -0.1) is 11.3 Å². The maximum Gasteiger partial charge on any atom is 0.115 e. The van der Waals surface area contributed by atoms with Gasteiger partial charge in [-0.05, 0) is 16.7 Å². The topological polar surface area (TPSA) is 0 Å². The summed E-state index contributed by atoms with van der Waals surface area (Å²) in [6, 6.07) is 1.95. The van der Waals surface area contributed by atoms with E-state index in [-0.39, 0.29) is 0 Å². The average Bonchev–Trinajstić information content (AvgIpc) is 2.14. The van der Waals surface area contributed by atoms with Crippen molar-refractivity contribution < 1.29 is 0 Å². The SMILES string of the molecule is [B]c1ccsc1CC. The monoisotopic (exact) mass is 122 g/mol. The van der Waals surface area contributed by atoms with Crippen molar-refractivity contribution in [3.63, 3.8) is 0 Å². The number of hydrogen-bond acceptors (Lipinski definition) is 1. The van der Waals surface area contributed by atoms with Gasteiger partial charge < -0.3 is 0 Å². The van der Waals surface area contributed by atoms with Gasteiger partial charge in [0.15, 0.2) is 0 Å². The zero-order chi connectivity index (χ0) is 5.98. The molecule has 0 aliphatic carbocycles. The Morgan fingerprint density at radius 1 is 1.75 bits per heavy atom. The van der Waals surface area contributed by atoms with E-state index < -0.39 is 0 Å². The summed E-state index contributed by atoms with van der Waals surface area (Å²) in [7, 11) is 5.56. The maximum atomic E-state index is 5.56. The van der Waals surface area contributed by atoms with Gasteiger partial charge in [-0.3, -0.25) is 0 Å². The van der Waals surface area contributed by atoms with Crippen molar-refractivity contribution in [2.75, 3.05) is 0 Å². The van der Waals surface area contributed by atoms with Gasteiger partial charge in [-0.2, -0.15) is 0 Å². The standard InChI is InChI=1S/C6H7BS/c1-2-6-5(7)3-4-8-6/h3-4H,2H2,1H3. The van der Waals surface area contributed by atoms with Crippen LogP contribution in [0.5, 0.6) is 0 Å². The minimum absolute atomic E-state index is 0.942. The second-order valence-corrected chi connectivity index (χ2v) is 2.65. The van der Waals surface area contributed by atoms with Crippen LogP contribution in [0.25, 0.3) is 0 Å². The van der Waals surface area contributed by atoms with Crippen molar-refractivity contribution in [3.8, 4) is 0 Å². The van der Waals surface area contributed by atoms with Gasteiger partial charge in [-0.1, -0.05) is 18.5 Å². The molecular weight excluding hydrogens is 115 g/mol. The highest BCUT2D eigenvalue weighted by Gasteiger charge is 1.92. The highest BCUT2D eigenvalue weighted by molar-refractivity contribution is 7.11. The van der Waals surface area contributed by atoms with E-state index in [1.54, 1.807) is 11.3 Å². The Kier molecular flexibility index (Phi) is 1.74. The third-order valence-corrected chi connectivity index (χ3v) is 2.18. The molecule has 0 N–H and O–H groups in total. The van der Waals surface area contributed by atoms with Crippen LogP contribution >= 0.6 is 11.3 Å². The van der Waals surface area contributed by atoms with Crippen molar-refractivity contribution >= 4 is 24.6 Å². The van der Waals surface area contributed by atoms with Crippen LogP contribution in [0.2, 0.25) is 0 Å². The Hall–Kier alpha value is -0.235. The molecule has 0 saturated heterocycles. The second-order valence-electron chi connectivity index (χ2n) is 1.65. The summed E-state index contributed by atoms with van der Waals surface area (Å²) < 4.78 is 0. The summed E-state index contributed by atoms with van der Waals surface area (Å²) in [6.45, 7) is 2.11. The van der Waals surface area contributed by atoms with E-state index in [0.717, 1.165) is 11.9 Å². The molecule has 0 atom stereocenters. The first-order chi connectivity index (χ1) is 3.84. The Bertz CT molecular complexity index is 169. The predicted molar refractivity (Wildman–Crippen MR) is 39.1 cm³/mol. The summed E-state index contributed by atoms with van der Waals surface area (Å²) >= 11 is 1.72. The fraction of sp³-hybridized carbons (Fsp3) is 0.333. The molecule has 0 fully saturated rings. The van der Waals surface area contributed by atoms with Crippen LogP contribution in [-0.2, 0) is 6.42 Å². The molecule has 0 nitrogen and oxygen atoms in total. The normalized spacial score (nSPS) is 9.62. The van der Waals surface area contributed by atoms with E-state index in [4.69, 9.17) is 7.85 Å². The van der Waals surface area contributed by atoms with Crippen LogP contribution in [0, 0.1) is 0 Å². The van der Waals surface area contributed by atoms with Gasteiger partial charge >= 0.3 is 0 Å². The van der Waals surface area contributed by atoms with Crippen molar-refractivity contribution in [1.82, 2.24) is 0 Å². The zero-order valence-electron chi connectivity index (χ0n) is 4.85. The number of rotatable bonds is 1. The van der Waals surface area contributed by atoms with Crippen LogP contribution in [0.15, 0.2) is 11.4 Å². The fourth-order valence-corrected chi connectivity index (χ4v) is 1.39. The largest absolute Gasteiger partial charge is 0.150 e. The van der Waals surface area contributed by atoms with Crippen LogP contribution in [-0.4, -0.2) is 7.85 Å². The zero-order valence-corrected chi connectivity index (χ0v) is 5.66. The van der Waals surface area contributed by atoms with Gasteiger partial charge in [0.2, 0.25) is 0 Å². The Labute approximate surface area is 55.0 Å². The van der Waals surface area contributed by atoms with Crippen LogP contribution < -0.4 is 5.46 Å². The minimum atomic E-state index is 0.942. The van der Waals surface area contributed by atoms with Gasteiger partial charge in [0.05, 0.1) is 0 Å². The van der Waals surface area contributed by atoms with E-state index in [9.17, 15) is 0 Å². The molecule has 0 unspecified atom stereocenters. The first-order valence-corrected chi connectivity index (χ1v) is 3.54. The first kappa shape index (κ1) is 5.89. The van der Waals surface area contributed by atoms with Crippen molar-refractivity contribution in [1.29, 1.82) is 0 Å². The number of aryl methyl sites for hydroxylation is 1. The van der Waals surface area contributed by atoms with E-state index in [1.165, 1.54) is 4.88 Å². The summed E-state index contributed by atoms with van der Waals surface area (Å²) in [5.74, 6) is 0. The summed E-state index contributed by atoms with van der Waals surface area (Å²) in [6.07, 6.45) is 1.06. The van der Waals surface area contributed by atoms with E-state index in [1.807, 2.05) is 11.4 Å². The summed E-state index contributed by atoms with van der Waals surface area (Å²) in [5, 5.41) is 2.02. The molecule has 0 aliphatic rings. The third kappa shape index (κ3) is 0.946. The molecular formula is C6H7BS. The van der Waals surface area contributed by atoms with Gasteiger partial charge in [-0.25, -0.2) is 0 Å². The highest BCUT2D eigenvalue weighted by atomic mass is 32.1. The molecule has 0 aliphatic heterocycles. The Morgan fingerprint density at radius 3 is 2.75 bits per heavy atom. The molecule has 0 saturated carbocycles. The lowest BCUT2D eigenvalue weighted by Gasteiger charge is -1.88. The molecule has 0 aromatic carbocycles. The quantitative estimate of drug-likeness (QED) is 0.489. The molecule has 0 spiro atoms. The van der Waals surface area contributed by atoms with E-state index in [0.29, 0.717) is 0 Å². The number of thiophene rings is 1. The minimum Gasteiger partial charge on any atom is -0.150 e.